The molecule has 0 aliphatic heterocycles. The van der Waals surface area contributed by atoms with Gasteiger partial charge in [0.15, 0.2) is 0 Å². The average Bonchev–Trinajstić information content (AvgIpc) is 2.37. The first-order valence-corrected chi connectivity index (χ1v) is 5.56. The maximum absolute atomic E-state index is 13.0. The number of esters is 1. The summed E-state index contributed by atoms with van der Waals surface area (Å²) < 4.78 is 66.5. The lowest BCUT2D eigenvalue weighted by Gasteiger charge is -2.21. The molecule has 0 fully saturated rings. The number of carbonyl (C=O) groups is 2. The van der Waals surface area contributed by atoms with E-state index in [1.165, 1.54) is 4.90 Å². The quantitative estimate of drug-likeness (QED) is 0.248. The van der Waals surface area contributed by atoms with E-state index in [1.54, 1.807) is 13.8 Å². The molecule has 4 nitrogen and oxygen atoms in total. The molecule has 0 aliphatic carbocycles. The minimum atomic E-state index is -6.08. The van der Waals surface area contributed by atoms with E-state index < -0.39 is 29.4 Å². The molecule has 0 unspecified atom stereocenters. The lowest BCUT2D eigenvalue weighted by Crippen LogP contribution is -2.46. The molecule has 0 aromatic rings. The summed E-state index contributed by atoms with van der Waals surface area (Å²) in [5.74, 6) is -9.84. The third-order valence-electron chi connectivity index (χ3n) is 2.42. The molecule has 0 heterocycles. The van der Waals surface area contributed by atoms with Crippen molar-refractivity contribution < 1.29 is 36.3 Å². The molecule has 0 bridgehead atoms. The van der Waals surface area contributed by atoms with E-state index in [0.717, 1.165) is 7.11 Å². The van der Waals surface area contributed by atoms with Gasteiger partial charge >= 0.3 is 18.1 Å². The highest BCUT2D eigenvalue weighted by atomic mass is 19.4. The van der Waals surface area contributed by atoms with Crippen molar-refractivity contribution in [1.29, 1.82) is 0 Å². The Hall–Kier alpha value is -1.67. The van der Waals surface area contributed by atoms with Crippen molar-refractivity contribution in [3.63, 3.8) is 0 Å². The fourth-order valence-corrected chi connectivity index (χ4v) is 1.20. The fourth-order valence-electron chi connectivity index (χ4n) is 1.20. The van der Waals surface area contributed by atoms with Gasteiger partial charge in [0.05, 0.1) is 7.11 Å². The Balaban J connectivity index is 5.69. The van der Waals surface area contributed by atoms with Crippen LogP contribution in [0.1, 0.15) is 13.8 Å². The maximum Gasteiger partial charge on any atom is 0.461 e. The second-order valence-electron chi connectivity index (χ2n) is 3.66. The van der Waals surface area contributed by atoms with Gasteiger partial charge in [0.1, 0.15) is 5.57 Å². The van der Waals surface area contributed by atoms with Gasteiger partial charge in [-0.3, -0.25) is 4.79 Å². The second-order valence-corrected chi connectivity index (χ2v) is 3.66. The van der Waals surface area contributed by atoms with Crippen LogP contribution in [-0.4, -0.2) is 49.0 Å². The number of nitrogens with zero attached hydrogens (tertiary/aromatic N) is 1. The normalized spacial score (nSPS) is 13.1. The number of ether oxygens (including phenoxy) is 1. The summed E-state index contributed by atoms with van der Waals surface area (Å²) in [5.41, 5.74) is -1.35. The van der Waals surface area contributed by atoms with Crippen LogP contribution in [0.15, 0.2) is 11.8 Å². The van der Waals surface area contributed by atoms with E-state index in [1.807, 2.05) is 0 Å². The highest BCUT2D eigenvalue weighted by Gasteiger charge is 2.64. The zero-order chi connectivity index (χ0) is 16.1. The smallest absolute Gasteiger partial charge is 0.461 e. The number of hydrogen-bond acceptors (Lipinski definition) is 4. The predicted octanol–water partition coefficient (Wildman–Crippen LogP) is 2.15. The van der Waals surface area contributed by atoms with E-state index in [9.17, 15) is 31.5 Å². The molecule has 0 aromatic heterocycles. The summed E-state index contributed by atoms with van der Waals surface area (Å²) in [6, 6.07) is 0. The summed E-state index contributed by atoms with van der Waals surface area (Å²) >= 11 is 0. The van der Waals surface area contributed by atoms with Gasteiger partial charge in [-0.1, -0.05) is 0 Å². The number of methoxy groups -OCH3 is 1. The van der Waals surface area contributed by atoms with Crippen molar-refractivity contribution in [3.05, 3.63) is 11.8 Å². The Morgan fingerprint density at radius 1 is 1.10 bits per heavy atom. The SMILES string of the molecule is CCN(C=C(C(=O)OC)C(=O)C(F)(F)C(F)(F)F)CC. The topological polar surface area (TPSA) is 46.6 Å². The first kappa shape index (κ1) is 18.3. The number of ketones is 1. The van der Waals surface area contributed by atoms with Crippen molar-refractivity contribution >= 4 is 11.8 Å². The summed E-state index contributed by atoms with van der Waals surface area (Å²) in [6.07, 6.45) is -5.44. The minimum absolute atomic E-state index is 0.210. The fraction of sp³-hybridized carbons (Fsp3) is 0.636. The minimum Gasteiger partial charge on any atom is -0.465 e. The largest absolute Gasteiger partial charge is 0.465 e. The van der Waals surface area contributed by atoms with Gasteiger partial charge in [0.2, 0.25) is 5.78 Å². The molecule has 9 heteroatoms. The standard InChI is InChI=1S/C11H14F5NO3/c1-4-17(5-2)6-7(9(19)20-3)8(18)10(12,13)11(14,15)16/h6H,4-5H2,1-3H3. The van der Waals surface area contributed by atoms with Crippen molar-refractivity contribution in [2.75, 3.05) is 20.2 Å². The third-order valence-corrected chi connectivity index (χ3v) is 2.42. The maximum atomic E-state index is 13.0. The lowest BCUT2D eigenvalue weighted by molar-refractivity contribution is -0.266. The van der Waals surface area contributed by atoms with E-state index in [-0.39, 0.29) is 13.1 Å². The summed E-state index contributed by atoms with van der Waals surface area (Å²) in [7, 11) is 0.775. The van der Waals surface area contributed by atoms with E-state index >= 15 is 0 Å². The zero-order valence-corrected chi connectivity index (χ0v) is 11.1. The molecule has 0 atom stereocenters. The number of halogens is 5. The molecule has 0 saturated carbocycles. The van der Waals surface area contributed by atoms with Crippen LogP contribution in [0.4, 0.5) is 22.0 Å². The van der Waals surface area contributed by atoms with Gasteiger partial charge in [-0.15, -0.1) is 0 Å². The Labute approximate surface area is 112 Å². The van der Waals surface area contributed by atoms with Gasteiger partial charge in [-0.25, -0.2) is 4.79 Å². The van der Waals surface area contributed by atoms with Crippen LogP contribution in [-0.2, 0) is 14.3 Å². The number of Topliss-reactive ketones (excluding diaryl/α,β-unsaturated/α-hetero) is 1. The Kier molecular flexibility index (Phi) is 6.11. The monoisotopic (exact) mass is 303 g/mol. The molecule has 116 valence electrons. The first-order chi connectivity index (χ1) is 9.02. The zero-order valence-electron chi connectivity index (χ0n) is 11.1. The van der Waals surface area contributed by atoms with Gasteiger partial charge < -0.3 is 9.64 Å². The number of alkyl halides is 5. The summed E-state index contributed by atoms with van der Waals surface area (Å²) in [4.78, 5) is 23.8. The Bertz CT molecular complexity index is 399. The van der Waals surface area contributed by atoms with Crippen molar-refractivity contribution in [2.24, 2.45) is 0 Å². The molecule has 0 aliphatic rings. The predicted molar refractivity (Wildman–Crippen MR) is 59.0 cm³/mol. The van der Waals surface area contributed by atoms with Crippen LogP contribution in [0.25, 0.3) is 0 Å². The lowest BCUT2D eigenvalue weighted by atomic mass is 10.1. The van der Waals surface area contributed by atoms with Crippen molar-refractivity contribution in [1.82, 2.24) is 4.90 Å². The van der Waals surface area contributed by atoms with Gasteiger partial charge in [0, 0.05) is 19.3 Å². The molecule has 0 amide bonds. The number of rotatable bonds is 6. The van der Waals surface area contributed by atoms with Gasteiger partial charge in [0.25, 0.3) is 0 Å². The van der Waals surface area contributed by atoms with Crippen LogP contribution in [0.2, 0.25) is 0 Å². The molecule has 0 N–H and O–H groups in total. The Morgan fingerprint density at radius 2 is 1.55 bits per heavy atom. The second kappa shape index (κ2) is 6.67. The molecule has 0 saturated heterocycles. The van der Waals surface area contributed by atoms with Crippen LogP contribution < -0.4 is 0 Å². The van der Waals surface area contributed by atoms with Crippen LogP contribution in [0.3, 0.4) is 0 Å². The van der Waals surface area contributed by atoms with Gasteiger partial charge in [-0.2, -0.15) is 22.0 Å². The van der Waals surface area contributed by atoms with Crippen LogP contribution in [0, 0.1) is 0 Å². The Morgan fingerprint density at radius 3 is 1.85 bits per heavy atom. The highest BCUT2D eigenvalue weighted by molar-refractivity contribution is 6.20. The average molecular weight is 303 g/mol. The van der Waals surface area contributed by atoms with Crippen molar-refractivity contribution in [3.8, 4) is 0 Å². The molecular weight excluding hydrogens is 289 g/mol. The van der Waals surface area contributed by atoms with E-state index in [2.05, 4.69) is 4.74 Å². The van der Waals surface area contributed by atoms with E-state index in [0.29, 0.717) is 6.20 Å². The van der Waals surface area contributed by atoms with Gasteiger partial charge in [-0.05, 0) is 13.8 Å². The van der Waals surface area contributed by atoms with E-state index in [4.69, 9.17) is 0 Å². The molecule has 0 radical (unpaired) electrons. The van der Waals surface area contributed by atoms with Crippen LogP contribution >= 0.6 is 0 Å². The van der Waals surface area contributed by atoms with Crippen molar-refractivity contribution in [2.45, 2.75) is 25.9 Å². The summed E-state index contributed by atoms with van der Waals surface area (Å²) in [5, 5.41) is 0. The highest BCUT2D eigenvalue weighted by Crippen LogP contribution is 2.38. The molecule has 0 spiro atoms. The molecule has 20 heavy (non-hydrogen) atoms. The summed E-state index contributed by atoms with van der Waals surface area (Å²) in [6.45, 7) is 3.56. The number of carbonyl (C=O) groups excluding carboxylic acids is 2. The molecule has 0 aromatic carbocycles. The molecule has 0 rings (SSSR count). The number of hydrogen-bond donors (Lipinski definition) is 0. The molecular formula is C11H14F5NO3. The first-order valence-electron chi connectivity index (χ1n) is 5.56. The third kappa shape index (κ3) is 3.91. The van der Waals surface area contributed by atoms with Crippen LogP contribution in [0.5, 0.6) is 0 Å².